The van der Waals surface area contributed by atoms with Crippen LogP contribution in [0.2, 0.25) is 0 Å². The first-order chi connectivity index (χ1) is 15.0. The van der Waals surface area contributed by atoms with Crippen molar-refractivity contribution in [1.82, 2.24) is 14.5 Å². The Bertz CT molecular complexity index is 1480. The number of rotatable bonds is 4. The van der Waals surface area contributed by atoms with Crippen LogP contribution in [0.25, 0.3) is 27.6 Å². The Hall–Kier alpha value is -3.38. The van der Waals surface area contributed by atoms with Gasteiger partial charge in [0.15, 0.2) is 5.16 Å². The minimum Gasteiger partial charge on any atom is -0.349 e. The number of hydrogen-bond acceptors (Lipinski definition) is 3. The first-order valence-electron chi connectivity index (χ1n) is 9.99. The number of halogens is 1. The molecule has 0 fully saturated rings. The summed E-state index contributed by atoms with van der Waals surface area (Å²) < 4.78 is 15.3. The predicted octanol–water partition coefficient (Wildman–Crippen LogP) is 5.92. The van der Waals surface area contributed by atoms with E-state index in [0.717, 1.165) is 33.3 Å². The highest BCUT2D eigenvalue weighted by molar-refractivity contribution is 7.98. The van der Waals surface area contributed by atoms with Gasteiger partial charge in [0.05, 0.1) is 5.69 Å². The molecule has 0 saturated carbocycles. The van der Waals surface area contributed by atoms with Gasteiger partial charge in [-0.3, -0.25) is 9.36 Å². The van der Waals surface area contributed by atoms with Crippen LogP contribution in [0.5, 0.6) is 0 Å². The monoisotopic (exact) mass is 429 g/mol. The number of hydrogen-bond donors (Lipinski definition) is 1. The summed E-state index contributed by atoms with van der Waals surface area (Å²) in [6.45, 7) is 4.02. The van der Waals surface area contributed by atoms with Crippen molar-refractivity contribution in [3.63, 3.8) is 0 Å². The van der Waals surface area contributed by atoms with Crippen molar-refractivity contribution >= 4 is 33.7 Å². The summed E-state index contributed by atoms with van der Waals surface area (Å²) >= 11 is 1.43. The number of aryl methyl sites for hydroxylation is 2. The van der Waals surface area contributed by atoms with Crippen LogP contribution in [-0.2, 0) is 5.75 Å². The summed E-state index contributed by atoms with van der Waals surface area (Å²) in [6.07, 6.45) is 0. The molecule has 2 aromatic heterocycles. The molecule has 0 radical (unpaired) electrons. The molecule has 4 nitrogen and oxygen atoms in total. The van der Waals surface area contributed by atoms with Gasteiger partial charge in [0, 0.05) is 16.7 Å². The molecular weight excluding hydrogens is 409 g/mol. The second-order valence-corrected chi connectivity index (χ2v) is 8.64. The maximum absolute atomic E-state index is 13.6. The van der Waals surface area contributed by atoms with Gasteiger partial charge in [0.25, 0.3) is 5.56 Å². The van der Waals surface area contributed by atoms with E-state index in [4.69, 9.17) is 4.98 Å². The second kappa shape index (κ2) is 7.71. The van der Waals surface area contributed by atoms with Gasteiger partial charge < -0.3 is 4.98 Å². The average molecular weight is 430 g/mol. The topological polar surface area (TPSA) is 50.7 Å². The molecule has 154 valence electrons. The number of H-pyrrole nitrogens is 1. The fourth-order valence-corrected chi connectivity index (χ4v) is 4.87. The first kappa shape index (κ1) is 19.6. The molecule has 2 heterocycles. The van der Waals surface area contributed by atoms with Crippen LogP contribution in [0.3, 0.4) is 0 Å². The van der Waals surface area contributed by atoms with Gasteiger partial charge in [-0.25, -0.2) is 9.37 Å². The predicted molar refractivity (Wildman–Crippen MR) is 125 cm³/mol. The van der Waals surface area contributed by atoms with E-state index >= 15 is 0 Å². The Morgan fingerprint density at radius 3 is 2.55 bits per heavy atom. The van der Waals surface area contributed by atoms with Gasteiger partial charge in [0.1, 0.15) is 16.9 Å². The van der Waals surface area contributed by atoms with Crippen molar-refractivity contribution in [3.05, 3.63) is 99.6 Å². The molecule has 5 aromatic rings. The lowest BCUT2D eigenvalue weighted by Gasteiger charge is -2.13. The van der Waals surface area contributed by atoms with Gasteiger partial charge in [0.2, 0.25) is 0 Å². The van der Waals surface area contributed by atoms with Gasteiger partial charge >= 0.3 is 0 Å². The third-order valence-corrected chi connectivity index (χ3v) is 6.23. The fourth-order valence-electron chi connectivity index (χ4n) is 3.92. The number of aromatic nitrogens is 3. The molecule has 31 heavy (non-hydrogen) atoms. The van der Waals surface area contributed by atoms with E-state index in [9.17, 15) is 9.18 Å². The quantitative estimate of drug-likeness (QED) is 0.285. The minimum atomic E-state index is -0.273. The van der Waals surface area contributed by atoms with E-state index in [1.165, 1.54) is 23.9 Å². The van der Waals surface area contributed by atoms with Crippen molar-refractivity contribution in [1.29, 1.82) is 0 Å². The van der Waals surface area contributed by atoms with E-state index in [2.05, 4.69) is 11.1 Å². The Kier molecular flexibility index (Phi) is 4.87. The summed E-state index contributed by atoms with van der Waals surface area (Å²) in [5, 5.41) is 1.49. The van der Waals surface area contributed by atoms with Crippen molar-refractivity contribution in [2.75, 3.05) is 0 Å². The molecule has 0 atom stereocenters. The zero-order chi connectivity index (χ0) is 21.5. The van der Waals surface area contributed by atoms with E-state index in [1.807, 2.05) is 56.3 Å². The van der Waals surface area contributed by atoms with Crippen LogP contribution in [-0.4, -0.2) is 14.5 Å². The first-order valence-corrected chi connectivity index (χ1v) is 11.0. The lowest BCUT2D eigenvalue weighted by Crippen LogP contribution is -2.22. The van der Waals surface area contributed by atoms with Gasteiger partial charge in [-0.2, -0.15) is 0 Å². The third kappa shape index (κ3) is 3.64. The second-order valence-electron chi connectivity index (χ2n) is 7.69. The highest BCUT2D eigenvalue weighted by atomic mass is 32.2. The number of fused-ring (bicyclic) bond motifs is 3. The third-order valence-electron chi connectivity index (χ3n) is 5.22. The number of benzene rings is 3. The average Bonchev–Trinajstić information content (AvgIpc) is 3.11. The standard InChI is InChI=1S/C25H20FN3OS/c1-15-10-16(2)12-19(11-15)29-24(30)23-22(20-8-3-4-9-21(20)27-23)28-25(29)31-14-17-6-5-7-18(26)13-17/h3-13,27H,14H2,1-2H3. The Morgan fingerprint density at radius 2 is 1.77 bits per heavy atom. The Balaban J connectivity index is 1.73. The van der Waals surface area contributed by atoms with Crippen molar-refractivity contribution in [3.8, 4) is 5.69 Å². The van der Waals surface area contributed by atoms with Crippen LogP contribution >= 0.6 is 11.8 Å². The summed E-state index contributed by atoms with van der Waals surface area (Å²) in [5.41, 5.74) is 5.62. The molecule has 3 aromatic carbocycles. The van der Waals surface area contributed by atoms with Gasteiger partial charge in [-0.1, -0.05) is 48.2 Å². The maximum atomic E-state index is 13.6. The molecule has 0 saturated heterocycles. The summed E-state index contributed by atoms with van der Waals surface area (Å²) in [7, 11) is 0. The molecule has 0 bridgehead atoms. The van der Waals surface area contributed by atoms with Crippen LogP contribution in [0.1, 0.15) is 16.7 Å². The van der Waals surface area contributed by atoms with Crippen molar-refractivity contribution < 1.29 is 4.39 Å². The van der Waals surface area contributed by atoms with E-state index in [1.54, 1.807) is 10.6 Å². The molecule has 6 heteroatoms. The molecule has 0 aliphatic rings. The van der Waals surface area contributed by atoms with Crippen molar-refractivity contribution in [2.24, 2.45) is 0 Å². The zero-order valence-corrected chi connectivity index (χ0v) is 18.0. The SMILES string of the molecule is Cc1cc(C)cc(-n2c(SCc3cccc(F)c3)nc3c([nH]c4ccccc43)c2=O)c1. The highest BCUT2D eigenvalue weighted by Gasteiger charge is 2.17. The lowest BCUT2D eigenvalue weighted by atomic mass is 10.1. The number of thioether (sulfide) groups is 1. The lowest BCUT2D eigenvalue weighted by molar-refractivity contribution is 0.626. The zero-order valence-electron chi connectivity index (χ0n) is 17.1. The Labute approximate surface area is 182 Å². The minimum absolute atomic E-state index is 0.145. The molecule has 0 aliphatic heterocycles. The van der Waals surface area contributed by atoms with E-state index in [0.29, 0.717) is 21.9 Å². The fraction of sp³-hybridized carbons (Fsp3) is 0.120. The molecule has 0 spiro atoms. The summed E-state index contributed by atoms with van der Waals surface area (Å²) in [5.74, 6) is 0.230. The van der Waals surface area contributed by atoms with Crippen LogP contribution in [0.15, 0.2) is 76.7 Å². The van der Waals surface area contributed by atoms with E-state index < -0.39 is 0 Å². The maximum Gasteiger partial charge on any atom is 0.283 e. The molecule has 0 unspecified atom stereocenters. The normalized spacial score (nSPS) is 11.5. The van der Waals surface area contributed by atoms with Crippen molar-refractivity contribution in [2.45, 2.75) is 24.8 Å². The largest absolute Gasteiger partial charge is 0.349 e. The van der Waals surface area contributed by atoms with Gasteiger partial charge in [-0.05, 0) is 60.9 Å². The molecule has 0 aliphatic carbocycles. The van der Waals surface area contributed by atoms with Crippen LogP contribution in [0, 0.1) is 19.7 Å². The van der Waals surface area contributed by atoms with Crippen LogP contribution in [0.4, 0.5) is 4.39 Å². The van der Waals surface area contributed by atoms with E-state index in [-0.39, 0.29) is 11.4 Å². The molecule has 0 amide bonds. The number of nitrogens with zero attached hydrogens (tertiary/aromatic N) is 2. The number of nitrogens with one attached hydrogen (secondary N) is 1. The Morgan fingerprint density at radius 1 is 1.00 bits per heavy atom. The summed E-state index contributed by atoms with van der Waals surface area (Å²) in [4.78, 5) is 21.8. The number of para-hydroxylation sites is 1. The molecule has 1 N–H and O–H groups in total. The highest BCUT2D eigenvalue weighted by Crippen LogP contribution is 2.28. The molecular formula is C25H20FN3OS. The number of aromatic amines is 1. The summed E-state index contributed by atoms with van der Waals surface area (Å²) in [6, 6.07) is 20.3. The van der Waals surface area contributed by atoms with Gasteiger partial charge in [-0.15, -0.1) is 0 Å². The smallest absolute Gasteiger partial charge is 0.283 e. The molecule has 5 rings (SSSR count). The van der Waals surface area contributed by atoms with Crippen LogP contribution < -0.4 is 5.56 Å².